The van der Waals surface area contributed by atoms with Crippen LogP contribution in [0.1, 0.15) is 51.0 Å². The van der Waals surface area contributed by atoms with E-state index in [1.54, 1.807) is 0 Å². The molecule has 1 aromatic carbocycles. The molecule has 0 saturated carbocycles. The van der Waals surface area contributed by atoms with Crippen molar-refractivity contribution in [2.24, 2.45) is 0 Å². The summed E-state index contributed by atoms with van der Waals surface area (Å²) in [5.41, 5.74) is 1.03. The molecule has 1 radical (unpaired) electrons. The highest BCUT2D eigenvalue weighted by Gasteiger charge is 2.12. The summed E-state index contributed by atoms with van der Waals surface area (Å²) in [5, 5.41) is 2.74. The summed E-state index contributed by atoms with van der Waals surface area (Å²) in [7, 11) is 0. The Kier molecular flexibility index (Phi) is 8.36. The van der Waals surface area contributed by atoms with Gasteiger partial charge in [0.15, 0.2) is 0 Å². The Hall–Kier alpha value is -1.64. The summed E-state index contributed by atoms with van der Waals surface area (Å²) in [6, 6.07) is 9.13. The molecular formula is C17H24NO2. The fraction of sp³-hybridized carbons (Fsp3) is 0.529. The Morgan fingerprint density at radius 2 is 1.85 bits per heavy atom. The van der Waals surface area contributed by atoms with Gasteiger partial charge in [-0.15, -0.1) is 0 Å². The molecule has 0 aliphatic rings. The molecule has 3 heteroatoms. The first kappa shape index (κ1) is 16.4. The summed E-state index contributed by atoms with van der Waals surface area (Å²) >= 11 is 0. The molecule has 1 unspecified atom stereocenters. The van der Waals surface area contributed by atoms with E-state index in [9.17, 15) is 9.59 Å². The molecule has 0 fully saturated rings. The van der Waals surface area contributed by atoms with Gasteiger partial charge in [0.25, 0.3) is 0 Å². The molecule has 1 N–H and O–H groups in total. The minimum absolute atomic E-state index is 0.0502. The van der Waals surface area contributed by atoms with Crippen molar-refractivity contribution in [1.82, 2.24) is 5.32 Å². The maximum atomic E-state index is 11.7. The minimum atomic E-state index is -0.541. The smallest absolute Gasteiger partial charge is 0.223 e. The van der Waals surface area contributed by atoms with Crippen LogP contribution in [0.3, 0.4) is 0 Å². The van der Waals surface area contributed by atoms with E-state index >= 15 is 0 Å². The molecule has 3 nitrogen and oxygen atoms in total. The van der Waals surface area contributed by atoms with Crippen molar-refractivity contribution < 1.29 is 9.59 Å². The Labute approximate surface area is 121 Å². The summed E-state index contributed by atoms with van der Waals surface area (Å²) < 4.78 is 0. The first-order valence-electron chi connectivity index (χ1n) is 7.47. The third kappa shape index (κ3) is 7.07. The van der Waals surface area contributed by atoms with E-state index in [4.69, 9.17) is 0 Å². The fourth-order valence-corrected chi connectivity index (χ4v) is 2.13. The van der Waals surface area contributed by atoms with Crippen LogP contribution >= 0.6 is 0 Å². The summed E-state index contributed by atoms with van der Waals surface area (Å²) in [6.45, 7) is 2.17. The standard InChI is InChI=1S/C17H24NO2/c1-2-3-4-5-9-12-17(20)18-16(14-19)13-15-10-7-6-8-11-15/h6-8,10-11,16H,2-5,9,12-13H2,1H3,(H,18,20). The zero-order valence-corrected chi connectivity index (χ0v) is 12.2. The molecule has 0 aliphatic heterocycles. The van der Waals surface area contributed by atoms with Gasteiger partial charge in [-0.3, -0.25) is 9.59 Å². The Bertz CT molecular complexity index is 389. The van der Waals surface area contributed by atoms with Crippen LogP contribution in [0.5, 0.6) is 0 Å². The summed E-state index contributed by atoms with van der Waals surface area (Å²) in [5.74, 6) is -0.0502. The maximum Gasteiger partial charge on any atom is 0.223 e. The predicted molar refractivity (Wildman–Crippen MR) is 81.1 cm³/mol. The Morgan fingerprint density at radius 1 is 1.15 bits per heavy atom. The molecular weight excluding hydrogens is 250 g/mol. The van der Waals surface area contributed by atoms with Gasteiger partial charge >= 0.3 is 0 Å². The molecule has 1 aromatic rings. The lowest BCUT2D eigenvalue weighted by atomic mass is 10.1. The van der Waals surface area contributed by atoms with Gasteiger partial charge in [0.1, 0.15) is 0 Å². The number of rotatable bonds is 10. The minimum Gasteiger partial charge on any atom is -0.345 e. The van der Waals surface area contributed by atoms with Crippen molar-refractivity contribution in [2.75, 3.05) is 0 Å². The first-order chi connectivity index (χ1) is 9.76. The van der Waals surface area contributed by atoms with Crippen LogP contribution in [-0.4, -0.2) is 18.2 Å². The lowest BCUT2D eigenvalue weighted by Crippen LogP contribution is -2.37. The number of unbranched alkanes of at least 4 members (excludes halogenated alkanes) is 4. The molecule has 0 aromatic heterocycles. The van der Waals surface area contributed by atoms with E-state index < -0.39 is 6.04 Å². The fourth-order valence-electron chi connectivity index (χ4n) is 2.13. The second-order valence-electron chi connectivity index (χ2n) is 5.09. The summed E-state index contributed by atoms with van der Waals surface area (Å²) in [4.78, 5) is 22.7. The third-order valence-electron chi connectivity index (χ3n) is 3.27. The highest BCUT2D eigenvalue weighted by Crippen LogP contribution is 2.06. The van der Waals surface area contributed by atoms with E-state index in [2.05, 4.69) is 12.2 Å². The van der Waals surface area contributed by atoms with Crippen LogP contribution in [0, 0.1) is 0 Å². The highest BCUT2D eigenvalue weighted by atomic mass is 16.2. The van der Waals surface area contributed by atoms with Crippen molar-refractivity contribution in [3.8, 4) is 0 Å². The molecule has 0 heterocycles. The van der Waals surface area contributed by atoms with Crippen LogP contribution in [0.4, 0.5) is 0 Å². The topological polar surface area (TPSA) is 46.2 Å². The van der Waals surface area contributed by atoms with Gasteiger partial charge in [0, 0.05) is 12.8 Å². The van der Waals surface area contributed by atoms with E-state index in [0.29, 0.717) is 12.8 Å². The molecule has 0 bridgehead atoms. The first-order valence-corrected chi connectivity index (χ1v) is 7.47. The Balaban J connectivity index is 2.26. The number of amides is 1. The predicted octanol–water partition coefficient (Wildman–Crippen LogP) is 3.18. The van der Waals surface area contributed by atoms with E-state index in [0.717, 1.165) is 18.4 Å². The van der Waals surface area contributed by atoms with Gasteiger partial charge in [-0.2, -0.15) is 0 Å². The van der Waals surface area contributed by atoms with Gasteiger partial charge in [0.2, 0.25) is 12.2 Å². The van der Waals surface area contributed by atoms with E-state index in [-0.39, 0.29) is 5.91 Å². The molecule has 1 amide bonds. The lowest BCUT2D eigenvalue weighted by Gasteiger charge is -2.12. The highest BCUT2D eigenvalue weighted by molar-refractivity contribution is 5.79. The number of nitrogens with one attached hydrogen (secondary N) is 1. The SMILES string of the molecule is CCCCCCCC(=O)NC([C]=O)Cc1ccccc1. The third-order valence-corrected chi connectivity index (χ3v) is 3.27. The van der Waals surface area contributed by atoms with E-state index in [1.165, 1.54) is 19.3 Å². The van der Waals surface area contributed by atoms with Crippen LogP contribution in [0.25, 0.3) is 0 Å². The molecule has 0 spiro atoms. The maximum absolute atomic E-state index is 11.7. The number of benzene rings is 1. The van der Waals surface area contributed by atoms with Gasteiger partial charge in [0.05, 0.1) is 6.04 Å². The molecule has 0 aliphatic carbocycles. The van der Waals surface area contributed by atoms with Crippen molar-refractivity contribution >= 4 is 12.2 Å². The quantitative estimate of drug-likeness (QED) is 0.666. The molecule has 20 heavy (non-hydrogen) atoms. The van der Waals surface area contributed by atoms with Crippen LogP contribution in [0.2, 0.25) is 0 Å². The van der Waals surface area contributed by atoms with Crippen molar-refractivity contribution in [3.63, 3.8) is 0 Å². The van der Waals surface area contributed by atoms with Gasteiger partial charge in [-0.1, -0.05) is 62.9 Å². The average molecular weight is 274 g/mol. The monoisotopic (exact) mass is 274 g/mol. The number of hydrogen-bond donors (Lipinski definition) is 1. The van der Waals surface area contributed by atoms with Gasteiger partial charge in [-0.25, -0.2) is 0 Å². The van der Waals surface area contributed by atoms with Crippen molar-refractivity contribution in [3.05, 3.63) is 35.9 Å². The normalized spacial score (nSPS) is 11.8. The van der Waals surface area contributed by atoms with Crippen LogP contribution in [0.15, 0.2) is 30.3 Å². The summed E-state index contributed by atoms with van der Waals surface area (Å²) in [6.07, 6.45) is 8.48. The lowest BCUT2D eigenvalue weighted by molar-refractivity contribution is -0.121. The van der Waals surface area contributed by atoms with Crippen molar-refractivity contribution in [1.29, 1.82) is 0 Å². The van der Waals surface area contributed by atoms with Crippen molar-refractivity contribution in [2.45, 2.75) is 57.9 Å². The largest absolute Gasteiger partial charge is 0.345 e. The number of hydrogen-bond acceptors (Lipinski definition) is 2. The molecule has 1 atom stereocenters. The van der Waals surface area contributed by atoms with Gasteiger partial charge < -0.3 is 5.32 Å². The molecule has 109 valence electrons. The Morgan fingerprint density at radius 3 is 2.50 bits per heavy atom. The van der Waals surface area contributed by atoms with Crippen LogP contribution in [-0.2, 0) is 16.0 Å². The zero-order valence-electron chi connectivity index (χ0n) is 12.2. The van der Waals surface area contributed by atoms with Gasteiger partial charge in [-0.05, 0) is 12.0 Å². The molecule has 0 saturated heterocycles. The average Bonchev–Trinajstić information content (AvgIpc) is 2.47. The van der Waals surface area contributed by atoms with E-state index in [1.807, 2.05) is 36.6 Å². The molecule has 1 rings (SSSR count). The number of carbonyl (C=O) groups excluding carboxylic acids is 2. The second-order valence-corrected chi connectivity index (χ2v) is 5.09. The number of carbonyl (C=O) groups is 1. The second kappa shape index (κ2) is 10.2. The van der Waals surface area contributed by atoms with Crippen LogP contribution < -0.4 is 5.32 Å². The zero-order chi connectivity index (χ0) is 14.6.